The number of fused-ring (bicyclic) bond motifs is 16. The maximum atomic E-state index is 7.10. The molecule has 0 N–H and O–H groups in total. The summed E-state index contributed by atoms with van der Waals surface area (Å²) in [5, 5.41) is 5.01. The van der Waals surface area contributed by atoms with Crippen molar-refractivity contribution >= 4 is 89.6 Å². The van der Waals surface area contributed by atoms with Crippen molar-refractivity contribution in [2.75, 3.05) is 9.80 Å². The third-order valence-corrected chi connectivity index (χ3v) is 19.4. The molecule has 330 valence electrons. The van der Waals surface area contributed by atoms with Gasteiger partial charge in [0.15, 0.2) is 5.58 Å². The minimum absolute atomic E-state index is 0.0234. The predicted octanol–water partition coefficient (Wildman–Crippen LogP) is 14.3. The van der Waals surface area contributed by atoms with E-state index < -0.39 is 0 Å². The Balaban J connectivity index is 1.13. The molecule has 15 rings (SSSR count). The molecular weight excluding hydrogens is 814 g/mol. The summed E-state index contributed by atoms with van der Waals surface area (Å²) < 4.78 is 9.78. The van der Waals surface area contributed by atoms with Gasteiger partial charge in [0.2, 0.25) is 0 Å². The summed E-state index contributed by atoms with van der Waals surface area (Å²) in [6.45, 7) is 17.6. The Bertz CT molecular complexity index is 3690. The van der Waals surface area contributed by atoms with Gasteiger partial charge in [-0.3, -0.25) is 0 Å². The topological polar surface area (TPSA) is 24.6 Å². The second-order valence-electron chi connectivity index (χ2n) is 23.5. The zero-order valence-electron chi connectivity index (χ0n) is 40.1. The van der Waals surface area contributed by atoms with Crippen LogP contribution >= 0.6 is 0 Å². The number of nitrogens with zero attached hydrogens (tertiary/aromatic N) is 3. The normalized spacial score (nSPS) is 25.5. The minimum atomic E-state index is -0.125. The van der Waals surface area contributed by atoms with Crippen molar-refractivity contribution in [3.63, 3.8) is 0 Å². The molecule has 0 saturated heterocycles. The van der Waals surface area contributed by atoms with Crippen molar-refractivity contribution in [2.45, 2.75) is 127 Å². The zero-order valence-corrected chi connectivity index (χ0v) is 40.1. The number of hydrogen-bond donors (Lipinski definition) is 0. The molecule has 0 amide bonds. The largest absolute Gasteiger partial charge is 0.454 e. The first-order valence-electron chi connectivity index (χ1n) is 25.4. The van der Waals surface area contributed by atoms with Crippen LogP contribution in [0.5, 0.6) is 0 Å². The first-order valence-corrected chi connectivity index (χ1v) is 25.4. The predicted molar refractivity (Wildman–Crippen MR) is 282 cm³/mol. The fraction of sp³-hybridized carbons (Fsp3) is 0.323. The molecule has 2 aliphatic carbocycles. The molecule has 67 heavy (non-hydrogen) atoms. The molecule has 2 fully saturated rings. The van der Waals surface area contributed by atoms with Crippen molar-refractivity contribution in [1.82, 2.24) is 4.57 Å². The Labute approximate surface area is 394 Å². The first kappa shape index (κ1) is 38.9. The van der Waals surface area contributed by atoms with Gasteiger partial charge in [-0.2, -0.15) is 0 Å². The Morgan fingerprint density at radius 3 is 2.03 bits per heavy atom. The monoisotopic (exact) mass is 871 g/mol. The quantitative estimate of drug-likeness (QED) is 0.162. The van der Waals surface area contributed by atoms with Crippen LogP contribution < -0.4 is 26.2 Å². The summed E-state index contributed by atoms with van der Waals surface area (Å²) in [5.74, 6) is 0. The van der Waals surface area contributed by atoms with E-state index in [-0.39, 0.29) is 34.0 Å². The lowest BCUT2D eigenvalue weighted by molar-refractivity contribution is 0.194. The molecule has 4 aliphatic heterocycles. The highest BCUT2D eigenvalue weighted by Gasteiger charge is 2.62. The standard InChI is InChI=1S/C62H58BN3O/c1-58(2,3)39-33-44-54-48(34-39)63-47-32-38(42-23-18-20-37-19-8-9-21-41(37)42)31-46-56(47)66(62(7)30-17-15-28-60(46,62)5)51-36-40(65-49-25-12-11-24-45(49)59(4)27-14-16-29-61(59,65)6)35-50(53(51)63)64(54)55-43-22-10-13-26-52(43)67-57(44)55/h8-13,18-26,31-36H,14-17,27-30H2,1-7H3. The van der Waals surface area contributed by atoms with Gasteiger partial charge in [0.05, 0.1) is 16.6 Å². The Kier molecular flexibility index (Phi) is 7.23. The molecule has 6 heterocycles. The van der Waals surface area contributed by atoms with E-state index in [0.717, 1.165) is 17.6 Å². The fourth-order valence-corrected chi connectivity index (χ4v) is 15.6. The molecule has 4 unspecified atom stereocenters. The number of anilines is 4. The van der Waals surface area contributed by atoms with Gasteiger partial charge in [-0.1, -0.05) is 145 Å². The number of benzene rings is 7. The number of hydrogen-bond acceptors (Lipinski definition) is 3. The van der Waals surface area contributed by atoms with Crippen molar-refractivity contribution < 1.29 is 4.42 Å². The molecule has 2 saturated carbocycles. The van der Waals surface area contributed by atoms with Gasteiger partial charge in [0.25, 0.3) is 6.71 Å². The highest BCUT2D eigenvalue weighted by atomic mass is 16.3. The van der Waals surface area contributed by atoms with E-state index in [1.54, 1.807) is 0 Å². The molecule has 4 nitrogen and oxygen atoms in total. The molecule has 5 heteroatoms. The van der Waals surface area contributed by atoms with Crippen LogP contribution in [0.2, 0.25) is 0 Å². The van der Waals surface area contributed by atoms with Crippen LogP contribution in [0.3, 0.4) is 0 Å². The van der Waals surface area contributed by atoms with E-state index in [9.17, 15) is 0 Å². The van der Waals surface area contributed by atoms with Gasteiger partial charge in [-0.05, 0) is 142 Å². The molecule has 6 aliphatic rings. The number of rotatable bonds is 2. The van der Waals surface area contributed by atoms with E-state index in [1.165, 1.54) is 150 Å². The summed E-state index contributed by atoms with van der Waals surface area (Å²) in [4.78, 5) is 5.77. The van der Waals surface area contributed by atoms with Crippen LogP contribution in [-0.4, -0.2) is 22.4 Å². The van der Waals surface area contributed by atoms with Crippen LogP contribution in [0.15, 0.2) is 132 Å². The lowest BCUT2D eigenvalue weighted by Crippen LogP contribution is -2.64. The van der Waals surface area contributed by atoms with E-state index in [1.807, 2.05) is 0 Å². The third-order valence-electron chi connectivity index (χ3n) is 19.4. The molecular formula is C62H58BN3O. The van der Waals surface area contributed by atoms with Crippen LogP contribution in [0, 0.1) is 0 Å². The number of para-hydroxylation sites is 2. The zero-order chi connectivity index (χ0) is 45.1. The van der Waals surface area contributed by atoms with E-state index in [4.69, 9.17) is 4.42 Å². The van der Waals surface area contributed by atoms with E-state index >= 15 is 0 Å². The van der Waals surface area contributed by atoms with Crippen LogP contribution in [-0.2, 0) is 16.2 Å². The Morgan fingerprint density at radius 1 is 0.552 bits per heavy atom. The lowest BCUT2D eigenvalue weighted by Gasteiger charge is -2.53. The molecule has 2 aromatic heterocycles. The summed E-state index contributed by atoms with van der Waals surface area (Å²) >= 11 is 0. The first-order chi connectivity index (χ1) is 32.3. The van der Waals surface area contributed by atoms with Crippen LogP contribution in [0.1, 0.15) is 117 Å². The van der Waals surface area contributed by atoms with Gasteiger partial charge in [-0.15, -0.1) is 0 Å². The van der Waals surface area contributed by atoms with Crippen molar-refractivity contribution in [1.29, 1.82) is 0 Å². The summed E-state index contributed by atoms with van der Waals surface area (Å²) in [6, 6.07) is 49.8. The summed E-state index contributed by atoms with van der Waals surface area (Å²) in [7, 11) is 0. The van der Waals surface area contributed by atoms with Crippen molar-refractivity contribution in [3.8, 4) is 16.8 Å². The maximum absolute atomic E-state index is 7.10. The van der Waals surface area contributed by atoms with Crippen molar-refractivity contribution in [2.24, 2.45) is 0 Å². The van der Waals surface area contributed by atoms with Gasteiger partial charge in [0.1, 0.15) is 11.1 Å². The smallest absolute Gasteiger partial charge is 0.252 e. The Hall–Kier alpha value is -6.20. The second-order valence-corrected chi connectivity index (χ2v) is 23.5. The van der Waals surface area contributed by atoms with Crippen LogP contribution in [0.4, 0.5) is 22.7 Å². The lowest BCUT2D eigenvalue weighted by atomic mass is 9.33. The number of furan rings is 1. The van der Waals surface area contributed by atoms with Gasteiger partial charge < -0.3 is 18.8 Å². The molecule has 7 aromatic carbocycles. The van der Waals surface area contributed by atoms with Gasteiger partial charge >= 0.3 is 0 Å². The summed E-state index contributed by atoms with van der Waals surface area (Å²) in [6.07, 6.45) is 9.72. The summed E-state index contributed by atoms with van der Waals surface area (Å²) in [5.41, 5.74) is 22.4. The van der Waals surface area contributed by atoms with E-state index in [0.29, 0.717) is 0 Å². The van der Waals surface area contributed by atoms with Gasteiger partial charge in [-0.25, -0.2) is 0 Å². The molecule has 0 bridgehead atoms. The molecule has 4 atom stereocenters. The highest BCUT2D eigenvalue weighted by Crippen LogP contribution is 2.65. The molecule has 0 radical (unpaired) electrons. The number of aromatic nitrogens is 1. The van der Waals surface area contributed by atoms with Crippen molar-refractivity contribution in [3.05, 3.63) is 144 Å². The van der Waals surface area contributed by atoms with Crippen LogP contribution in [0.25, 0.3) is 60.6 Å². The average Bonchev–Trinajstić information content (AvgIpc) is 3.99. The Morgan fingerprint density at radius 2 is 1.22 bits per heavy atom. The third kappa shape index (κ3) is 4.50. The van der Waals surface area contributed by atoms with Gasteiger partial charge in [0, 0.05) is 50.0 Å². The molecule has 0 spiro atoms. The van der Waals surface area contributed by atoms with E-state index in [2.05, 4.69) is 190 Å². The second kappa shape index (κ2) is 12.5. The molecule has 9 aromatic rings. The minimum Gasteiger partial charge on any atom is -0.454 e. The fourth-order valence-electron chi connectivity index (χ4n) is 15.6. The SMILES string of the molecule is CC(C)(C)c1cc2c3c(c1)c1oc4ccccc4c1n3-c1cc(N3c4ccccc4C4(C)CCCCC34C)cc3c1B2c1cc(-c2cccc4ccccc24)cc2c1N3C1(C)CCCCC21C. The highest BCUT2D eigenvalue weighted by molar-refractivity contribution is 7.00. The average molecular weight is 872 g/mol. The maximum Gasteiger partial charge on any atom is 0.252 e.